The van der Waals surface area contributed by atoms with Crippen LogP contribution in [-0.4, -0.2) is 64.6 Å². The molecule has 3 aromatic rings. The molecule has 0 spiro atoms. The summed E-state index contributed by atoms with van der Waals surface area (Å²) in [6.45, 7) is 4.57. The number of nitrogens with one attached hydrogen (secondary N) is 3. The van der Waals surface area contributed by atoms with Crippen LogP contribution >= 0.6 is 0 Å². The van der Waals surface area contributed by atoms with Crippen LogP contribution in [0.5, 0.6) is 0 Å². The molecule has 3 N–H and O–H groups in total. The van der Waals surface area contributed by atoms with E-state index in [1.807, 2.05) is 12.1 Å². The Morgan fingerprint density at radius 3 is 2.69 bits per heavy atom. The zero-order valence-electron chi connectivity index (χ0n) is 23.0. The fourth-order valence-electron chi connectivity index (χ4n) is 4.06. The van der Waals surface area contributed by atoms with Crippen LogP contribution in [0.4, 0.5) is 10.5 Å². The van der Waals surface area contributed by atoms with Crippen molar-refractivity contribution in [2.45, 2.75) is 45.7 Å². The molecule has 0 aliphatic carbocycles. The summed E-state index contributed by atoms with van der Waals surface area (Å²) in [7, 11) is 4.46. The number of aromatic amines is 1. The summed E-state index contributed by atoms with van der Waals surface area (Å²) >= 11 is 0. The smallest absolute Gasteiger partial charge is 0.407 e. The van der Waals surface area contributed by atoms with E-state index in [2.05, 4.69) is 39.2 Å². The molecule has 11 nitrogen and oxygen atoms in total. The molecule has 0 bridgehead atoms. The molecule has 0 aliphatic heterocycles. The molecule has 3 amide bonds. The molecule has 0 aliphatic rings. The van der Waals surface area contributed by atoms with Crippen molar-refractivity contribution >= 4 is 34.6 Å². The zero-order valence-corrected chi connectivity index (χ0v) is 23.0. The summed E-state index contributed by atoms with van der Waals surface area (Å²) in [5.74, 6) is -0.279. The summed E-state index contributed by atoms with van der Waals surface area (Å²) in [4.78, 5) is 59.0. The Labute approximate surface area is 227 Å². The Balaban J connectivity index is 1.75. The summed E-state index contributed by atoms with van der Waals surface area (Å²) in [6, 6.07) is 6.11. The van der Waals surface area contributed by atoms with Gasteiger partial charge in [0.15, 0.2) is 0 Å². The number of nitrogens with zero attached hydrogens (tertiary/aromatic N) is 3. The van der Waals surface area contributed by atoms with E-state index < -0.39 is 23.6 Å². The molecule has 1 atom stereocenters. The van der Waals surface area contributed by atoms with E-state index in [4.69, 9.17) is 0 Å². The van der Waals surface area contributed by atoms with E-state index in [1.165, 1.54) is 34.3 Å². The van der Waals surface area contributed by atoms with Crippen LogP contribution in [0.15, 0.2) is 53.6 Å². The zero-order chi connectivity index (χ0) is 28.5. The van der Waals surface area contributed by atoms with Crippen molar-refractivity contribution in [1.82, 2.24) is 24.8 Å². The monoisotopic (exact) mass is 536 g/mol. The number of amides is 3. The normalized spacial score (nSPS) is 12.1. The fourth-order valence-corrected chi connectivity index (χ4v) is 4.06. The van der Waals surface area contributed by atoms with Gasteiger partial charge >= 0.3 is 6.09 Å². The minimum Gasteiger partial charge on any atom is -0.453 e. The predicted molar refractivity (Wildman–Crippen MR) is 149 cm³/mol. The van der Waals surface area contributed by atoms with E-state index in [0.29, 0.717) is 12.3 Å². The van der Waals surface area contributed by atoms with Crippen LogP contribution < -0.4 is 16.2 Å². The van der Waals surface area contributed by atoms with E-state index in [0.717, 1.165) is 23.1 Å². The van der Waals surface area contributed by atoms with Crippen LogP contribution in [0, 0.1) is 5.92 Å². The number of anilines is 1. The molecule has 208 valence electrons. The van der Waals surface area contributed by atoms with Gasteiger partial charge in [0.2, 0.25) is 11.8 Å². The number of methoxy groups -OCH3 is 1. The highest BCUT2D eigenvalue weighted by molar-refractivity contribution is 5.96. The van der Waals surface area contributed by atoms with Gasteiger partial charge in [0, 0.05) is 32.2 Å². The van der Waals surface area contributed by atoms with Crippen molar-refractivity contribution in [2.24, 2.45) is 5.92 Å². The van der Waals surface area contributed by atoms with Gasteiger partial charge in [-0.15, -0.1) is 0 Å². The maximum atomic E-state index is 13.2. The first-order chi connectivity index (χ1) is 18.6. The van der Waals surface area contributed by atoms with Gasteiger partial charge in [-0.25, -0.2) is 4.79 Å². The molecule has 39 heavy (non-hydrogen) atoms. The van der Waals surface area contributed by atoms with Gasteiger partial charge in [-0.2, -0.15) is 0 Å². The third kappa shape index (κ3) is 8.03. The molecular formula is C28H36N6O5. The maximum Gasteiger partial charge on any atom is 0.407 e. The third-order valence-electron chi connectivity index (χ3n) is 6.03. The Kier molecular flexibility index (Phi) is 10.0. The largest absolute Gasteiger partial charge is 0.453 e. The second-order valence-electron chi connectivity index (χ2n) is 9.87. The van der Waals surface area contributed by atoms with Crippen LogP contribution in [0.1, 0.15) is 37.9 Å². The molecule has 3 rings (SSSR count). The summed E-state index contributed by atoms with van der Waals surface area (Å²) in [5, 5.41) is 5.11. The van der Waals surface area contributed by atoms with Crippen LogP contribution in [0.25, 0.3) is 11.0 Å². The van der Waals surface area contributed by atoms with Gasteiger partial charge in [-0.3, -0.25) is 19.4 Å². The van der Waals surface area contributed by atoms with Crippen molar-refractivity contribution in [3.8, 4) is 0 Å². The van der Waals surface area contributed by atoms with Gasteiger partial charge in [0.1, 0.15) is 11.7 Å². The first-order valence-corrected chi connectivity index (χ1v) is 12.8. The highest BCUT2D eigenvalue weighted by atomic mass is 16.5. The predicted octanol–water partition coefficient (Wildman–Crippen LogP) is 3.06. The Bertz CT molecular complexity index is 1400. The topological polar surface area (TPSA) is 138 Å². The van der Waals surface area contributed by atoms with Crippen molar-refractivity contribution in [1.29, 1.82) is 0 Å². The first kappa shape index (κ1) is 29.2. The van der Waals surface area contributed by atoms with Crippen molar-refractivity contribution in [3.05, 3.63) is 70.4 Å². The van der Waals surface area contributed by atoms with Crippen molar-refractivity contribution < 1.29 is 19.1 Å². The number of hydrogen-bond donors (Lipinski definition) is 3. The van der Waals surface area contributed by atoms with E-state index in [-0.39, 0.29) is 24.6 Å². The lowest BCUT2D eigenvalue weighted by Gasteiger charge is -2.17. The highest BCUT2D eigenvalue weighted by Crippen LogP contribution is 2.20. The molecule has 3 heterocycles. The first-order valence-electron chi connectivity index (χ1n) is 12.8. The number of pyridine rings is 2. The fraction of sp³-hybridized carbons (Fsp3) is 0.393. The Morgan fingerprint density at radius 1 is 1.23 bits per heavy atom. The molecule has 0 aromatic carbocycles. The molecule has 3 aromatic heterocycles. The van der Waals surface area contributed by atoms with Gasteiger partial charge in [-0.1, -0.05) is 19.9 Å². The Morgan fingerprint density at radius 2 is 2.00 bits per heavy atom. The lowest BCUT2D eigenvalue weighted by molar-refractivity contribution is -0.123. The SMILES string of the molecule is COC(=O)N[C@@H](CC/C=C/C(=O)N(C)C)C(=O)Nc1cccn(Cc2cc3nccc(CC(C)C)c3[nH]2)c1=O. The molecular weight excluding hydrogens is 500 g/mol. The standard InChI is InChI=1S/C28H36N6O5/c1-18(2)15-19-12-13-29-23-16-20(30-25(19)23)17-34-14-8-10-22(27(34)37)31-26(36)21(32-28(38)39-5)9-6-7-11-24(35)33(3)4/h7-8,10-14,16,18,21,30H,6,9,15,17H2,1-5H3,(H,31,36)(H,32,38)/b11-7+/t21-/m0/s1. The number of allylic oxidation sites excluding steroid dienone is 1. The van der Waals surface area contributed by atoms with Crippen molar-refractivity contribution in [2.75, 3.05) is 26.5 Å². The number of ether oxygens (including phenoxy) is 1. The van der Waals surface area contributed by atoms with Crippen LogP contribution in [0.3, 0.4) is 0 Å². The molecule has 11 heteroatoms. The van der Waals surface area contributed by atoms with Crippen LogP contribution in [0.2, 0.25) is 0 Å². The lowest BCUT2D eigenvalue weighted by Crippen LogP contribution is -2.44. The lowest BCUT2D eigenvalue weighted by atomic mass is 10.0. The van der Waals surface area contributed by atoms with Gasteiger partial charge in [0.25, 0.3) is 5.56 Å². The quantitative estimate of drug-likeness (QED) is 0.322. The van der Waals surface area contributed by atoms with Crippen LogP contribution in [-0.2, 0) is 27.3 Å². The highest BCUT2D eigenvalue weighted by Gasteiger charge is 2.22. The van der Waals surface area contributed by atoms with Crippen molar-refractivity contribution in [3.63, 3.8) is 0 Å². The number of H-pyrrole nitrogens is 1. The number of fused-ring (bicyclic) bond motifs is 1. The van der Waals surface area contributed by atoms with Gasteiger partial charge in [-0.05, 0) is 61.1 Å². The second-order valence-corrected chi connectivity index (χ2v) is 9.87. The summed E-state index contributed by atoms with van der Waals surface area (Å²) < 4.78 is 6.12. The van der Waals surface area contributed by atoms with E-state index in [1.54, 1.807) is 38.6 Å². The number of hydrogen-bond acceptors (Lipinski definition) is 6. The Hall–Kier alpha value is -4.41. The number of carbonyl (C=O) groups excluding carboxylic acids is 3. The number of aromatic nitrogens is 3. The number of carbonyl (C=O) groups is 3. The number of likely N-dealkylation sites (N-methyl/N-ethyl adjacent to an activating group) is 1. The maximum absolute atomic E-state index is 13.2. The molecule has 0 fully saturated rings. The van der Waals surface area contributed by atoms with Gasteiger partial charge in [0.05, 0.1) is 24.7 Å². The second kappa shape index (κ2) is 13.4. The third-order valence-corrected chi connectivity index (χ3v) is 6.03. The number of alkyl carbamates (subject to hydrolysis) is 1. The average molecular weight is 537 g/mol. The average Bonchev–Trinajstić information content (AvgIpc) is 3.31. The van der Waals surface area contributed by atoms with E-state index >= 15 is 0 Å². The minimum atomic E-state index is -0.983. The molecule has 0 saturated carbocycles. The molecule has 0 unspecified atom stereocenters. The molecule has 0 saturated heterocycles. The van der Waals surface area contributed by atoms with Gasteiger partial charge < -0.3 is 29.8 Å². The minimum absolute atomic E-state index is 0.0761. The molecule has 0 radical (unpaired) electrons. The van der Waals surface area contributed by atoms with E-state index in [9.17, 15) is 19.2 Å². The summed E-state index contributed by atoms with van der Waals surface area (Å²) in [5.41, 5.74) is 3.44. The summed E-state index contributed by atoms with van der Waals surface area (Å²) in [6.07, 6.45) is 7.11. The number of rotatable bonds is 11.